The molecule has 0 fully saturated rings. The average molecular weight is 225 g/mol. The van der Waals surface area contributed by atoms with Crippen molar-refractivity contribution in [2.24, 2.45) is 7.05 Å². The minimum absolute atomic E-state index is 0. The van der Waals surface area contributed by atoms with Gasteiger partial charge in [-0.2, -0.15) is 0 Å². The van der Waals surface area contributed by atoms with Gasteiger partial charge in [0.05, 0.1) is 5.69 Å². The minimum atomic E-state index is -0.166. The van der Waals surface area contributed by atoms with Crippen LogP contribution in [0.2, 0.25) is 0 Å². The number of rotatable bonds is 3. The average Bonchev–Trinajstić information content (AvgIpc) is 2.24. The maximum absolute atomic E-state index is 11.6. The van der Waals surface area contributed by atoms with Crippen LogP contribution < -0.4 is 10.9 Å². The van der Waals surface area contributed by atoms with Gasteiger partial charge in [0.1, 0.15) is 0 Å². The molecule has 1 rings (SSSR count). The maximum Gasteiger partial charge on any atom is 0.321 e. The molecule has 5 nitrogen and oxygen atoms in total. The molecule has 1 heterocycles. The van der Waals surface area contributed by atoms with E-state index >= 15 is 0 Å². The van der Waals surface area contributed by atoms with Crippen molar-refractivity contribution < 1.29 is 6.22 Å². The fourth-order valence-electron chi connectivity index (χ4n) is 1.32. The molecule has 1 aromatic heterocycles. The van der Waals surface area contributed by atoms with Gasteiger partial charge in [-0.05, 0) is 12.5 Å². The van der Waals surface area contributed by atoms with Crippen LogP contribution in [-0.2, 0) is 7.05 Å². The van der Waals surface area contributed by atoms with E-state index in [1.54, 1.807) is 31.3 Å². The van der Waals surface area contributed by atoms with Crippen LogP contribution in [0.25, 0.3) is 0 Å². The van der Waals surface area contributed by atoms with E-state index in [4.69, 9.17) is 0 Å². The third-order valence-electron chi connectivity index (χ3n) is 2.24. The Kier molecular flexibility index (Phi) is 4.10. The molecule has 0 aliphatic carbocycles. The highest BCUT2D eigenvalue weighted by atomic mass is 16.2. The molecule has 0 saturated carbocycles. The number of hydrogen-bond acceptors (Lipinski definition) is 2. The van der Waals surface area contributed by atoms with Crippen molar-refractivity contribution in [3.63, 3.8) is 0 Å². The van der Waals surface area contributed by atoms with E-state index in [1.807, 2.05) is 6.92 Å². The van der Waals surface area contributed by atoms with Gasteiger partial charge in [-0.25, -0.2) is 4.79 Å². The van der Waals surface area contributed by atoms with Gasteiger partial charge in [-0.3, -0.25) is 4.79 Å². The molecule has 0 radical (unpaired) electrons. The lowest BCUT2D eigenvalue weighted by molar-refractivity contribution is 0.222. The molecule has 2 amide bonds. The van der Waals surface area contributed by atoms with E-state index in [9.17, 15) is 9.59 Å². The Morgan fingerprint density at radius 3 is 2.81 bits per heavy atom. The third-order valence-corrected chi connectivity index (χ3v) is 2.24. The standard InChI is InChI=1S/C11H17N3O2.H2/c1-4-7-13(2)11(16)12-9-5-6-10(15)14(3)8-9;/h5-6,8H,4,7H2,1-3H3,(H,12,16);1H. The van der Waals surface area contributed by atoms with Crippen molar-refractivity contribution >= 4 is 11.7 Å². The highest BCUT2D eigenvalue weighted by Gasteiger charge is 2.07. The predicted molar refractivity (Wildman–Crippen MR) is 65.7 cm³/mol. The molecule has 0 bridgehead atoms. The van der Waals surface area contributed by atoms with Crippen LogP contribution in [-0.4, -0.2) is 29.1 Å². The number of pyridine rings is 1. The van der Waals surface area contributed by atoms with E-state index in [0.29, 0.717) is 12.2 Å². The van der Waals surface area contributed by atoms with Gasteiger partial charge < -0.3 is 14.8 Å². The Hall–Kier alpha value is -1.78. The smallest absolute Gasteiger partial charge is 0.321 e. The third kappa shape index (κ3) is 3.12. The van der Waals surface area contributed by atoms with Crippen molar-refractivity contribution in [1.29, 1.82) is 0 Å². The Labute approximate surface area is 96.2 Å². The lowest BCUT2D eigenvalue weighted by Gasteiger charge is -2.17. The first-order valence-corrected chi connectivity index (χ1v) is 5.23. The van der Waals surface area contributed by atoms with Crippen LogP contribution in [0.5, 0.6) is 0 Å². The van der Waals surface area contributed by atoms with Gasteiger partial charge in [0.2, 0.25) is 5.56 Å². The summed E-state index contributed by atoms with van der Waals surface area (Å²) in [4.78, 5) is 24.4. The van der Waals surface area contributed by atoms with Gasteiger partial charge in [0.15, 0.2) is 0 Å². The van der Waals surface area contributed by atoms with E-state index < -0.39 is 0 Å². The molecule has 1 N–H and O–H groups in total. The van der Waals surface area contributed by atoms with Crippen LogP contribution in [0.3, 0.4) is 0 Å². The molecule has 0 unspecified atom stereocenters. The number of aromatic nitrogens is 1. The Bertz CT molecular complexity index is 431. The minimum Gasteiger partial charge on any atom is -0.328 e. The lowest BCUT2D eigenvalue weighted by atomic mass is 10.4. The van der Waals surface area contributed by atoms with Gasteiger partial charge in [-0.15, -0.1) is 0 Å². The second-order valence-corrected chi connectivity index (χ2v) is 3.72. The molecule has 0 spiro atoms. The second-order valence-electron chi connectivity index (χ2n) is 3.72. The highest BCUT2D eigenvalue weighted by Crippen LogP contribution is 2.03. The van der Waals surface area contributed by atoms with E-state index in [1.165, 1.54) is 10.6 Å². The van der Waals surface area contributed by atoms with E-state index in [2.05, 4.69) is 5.32 Å². The second kappa shape index (κ2) is 5.34. The molecular formula is C11H19N3O2. The quantitative estimate of drug-likeness (QED) is 0.847. The zero-order valence-electron chi connectivity index (χ0n) is 9.86. The maximum atomic E-state index is 11.6. The molecule has 0 aliphatic heterocycles. The molecule has 0 atom stereocenters. The first kappa shape index (κ1) is 12.3. The number of aryl methyl sites for hydroxylation is 1. The molecular weight excluding hydrogens is 206 g/mol. The number of nitrogens with one attached hydrogen (secondary N) is 1. The van der Waals surface area contributed by atoms with E-state index in [0.717, 1.165) is 6.42 Å². The Morgan fingerprint density at radius 2 is 2.25 bits per heavy atom. The largest absolute Gasteiger partial charge is 0.328 e. The predicted octanol–water partition coefficient (Wildman–Crippen LogP) is 1.50. The zero-order chi connectivity index (χ0) is 12.1. The first-order chi connectivity index (χ1) is 7.54. The van der Waals surface area contributed by atoms with Crippen LogP contribution >= 0.6 is 0 Å². The topological polar surface area (TPSA) is 54.3 Å². The number of amides is 2. The van der Waals surface area contributed by atoms with Crippen molar-refractivity contribution in [3.8, 4) is 0 Å². The normalized spacial score (nSPS) is 9.94. The van der Waals surface area contributed by atoms with Gasteiger partial charge in [-0.1, -0.05) is 6.92 Å². The first-order valence-electron chi connectivity index (χ1n) is 5.23. The lowest BCUT2D eigenvalue weighted by Crippen LogP contribution is -2.32. The SMILES string of the molecule is CCCN(C)C(=O)Nc1ccc(=O)n(C)c1.[HH]. The number of carbonyl (C=O) groups is 1. The van der Waals surface area contributed by atoms with Gasteiger partial charge in [0, 0.05) is 34.3 Å². The Balaban J connectivity index is 0.00000256. The highest BCUT2D eigenvalue weighted by molar-refractivity contribution is 5.88. The van der Waals surface area contributed by atoms with Crippen molar-refractivity contribution in [3.05, 3.63) is 28.7 Å². The fraction of sp³-hybridized carbons (Fsp3) is 0.455. The molecule has 90 valence electrons. The summed E-state index contributed by atoms with van der Waals surface area (Å²) in [5, 5.41) is 2.72. The van der Waals surface area contributed by atoms with Crippen LogP contribution in [0.4, 0.5) is 10.5 Å². The van der Waals surface area contributed by atoms with Gasteiger partial charge >= 0.3 is 6.03 Å². The number of hydrogen-bond donors (Lipinski definition) is 1. The molecule has 5 heteroatoms. The van der Waals surface area contributed by atoms with Crippen molar-refractivity contribution in [2.75, 3.05) is 18.9 Å². The summed E-state index contributed by atoms with van der Waals surface area (Å²) in [5.41, 5.74) is 0.523. The summed E-state index contributed by atoms with van der Waals surface area (Å²) in [6.07, 6.45) is 2.51. The fourth-order valence-corrected chi connectivity index (χ4v) is 1.32. The summed E-state index contributed by atoms with van der Waals surface area (Å²) >= 11 is 0. The molecule has 0 aliphatic rings. The number of urea groups is 1. The Morgan fingerprint density at radius 1 is 1.56 bits per heavy atom. The summed E-state index contributed by atoms with van der Waals surface area (Å²) in [6, 6.07) is 2.86. The summed E-state index contributed by atoms with van der Waals surface area (Å²) < 4.78 is 1.43. The summed E-state index contributed by atoms with van der Waals surface area (Å²) in [6.45, 7) is 2.72. The monoisotopic (exact) mass is 225 g/mol. The number of carbonyl (C=O) groups excluding carboxylic acids is 1. The molecule has 0 aromatic carbocycles. The van der Waals surface area contributed by atoms with Crippen LogP contribution in [0.15, 0.2) is 23.1 Å². The molecule has 1 aromatic rings. The van der Waals surface area contributed by atoms with E-state index in [-0.39, 0.29) is 13.0 Å². The van der Waals surface area contributed by atoms with Crippen molar-refractivity contribution in [1.82, 2.24) is 9.47 Å². The van der Waals surface area contributed by atoms with Crippen molar-refractivity contribution in [2.45, 2.75) is 13.3 Å². The molecule has 16 heavy (non-hydrogen) atoms. The molecule has 0 saturated heterocycles. The van der Waals surface area contributed by atoms with Gasteiger partial charge in [0.25, 0.3) is 0 Å². The number of nitrogens with zero attached hydrogens (tertiary/aromatic N) is 2. The van der Waals surface area contributed by atoms with Crippen LogP contribution in [0, 0.1) is 0 Å². The number of anilines is 1. The van der Waals surface area contributed by atoms with Crippen LogP contribution in [0.1, 0.15) is 14.8 Å². The summed E-state index contributed by atoms with van der Waals surface area (Å²) in [7, 11) is 3.38. The summed E-state index contributed by atoms with van der Waals surface area (Å²) in [5.74, 6) is 0. The zero-order valence-corrected chi connectivity index (χ0v) is 9.86.